The first kappa shape index (κ1) is 12.3. The third kappa shape index (κ3) is 3.07. The Morgan fingerprint density at radius 1 is 1.33 bits per heavy atom. The molecule has 0 saturated heterocycles. The zero-order valence-corrected chi connectivity index (χ0v) is 9.77. The summed E-state index contributed by atoms with van der Waals surface area (Å²) in [6.45, 7) is 1.80. The van der Waals surface area contributed by atoms with Crippen LogP contribution in [0.1, 0.15) is 51.9 Å². The SMILES string of the molecule is CC#CCCC(=O)C1(OC)CCCCC1. The highest BCUT2D eigenvalue weighted by Crippen LogP contribution is 2.32. The first-order valence-corrected chi connectivity index (χ1v) is 5.73. The van der Waals surface area contributed by atoms with Crippen LogP contribution in [0.25, 0.3) is 0 Å². The van der Waals surface area contributed by atoms with Gasteiger partial charge in [0, 0.05) is 20.0 Å². The summed E-state index contributed by atoms with van der Waals surface area (Å²) >= 11 is 0. The summed E-state index contributed by atoms with van der Waals surface area (Å²) in [5.74, 6) is 5.99. The molecule has 0 radical (unpaired) electrons. The Hall–Kier alpha value is -0.810. The molecule has 2 heteroatoms. The van der Waals surface area contributed by atoms with Crippen molar-refractivity contribution in [2.45, 2.75) is 57.5 Å². The second-order valence-corrected chi connectivity index (χ2v) is 4.11. The summed E-state index contributed by atoms with van der Waals surface area (Å²) in [6.07, 6.45) is 6.43. The van der Waals surface area contributed by atoms with Crippen molar-refractivity contribution in [3.8, 4) is 11.8 Å². The molecule has 1 rings (SSSR count). The highest BCUT2D eigenvalue weighted by molar-refractivity contribution is 5.87. The number of methoxy groups -OCH3 is 1. The molecule has 0 bridgehead atoms. The van der Waals surface area contributed by atoms with E-state index >= 15 is 0 Å². The summed E-state index contributed by atoms with van der Waals surface area (Å²) in [5, 5.41) is 0. The van der Waals surface area contributed by atoms with Crippen molar-refractivity contribution < 1.29 is 9.53 Å². The molecule has 0 amide bonds. The van der Waals surface area contributed by atoms with E-state index < -0.39 is 5.60 Å². The molecule has 0 aromatic rings. The fraction of sp³-hybridized carbons (Fsp3) is 0.769. The number of carbonyl (C=O) groups is 1. The lowest BCUT2D eigenvalue weighted by atomic mass is 9.80. The standard InChI is InChI=1S/C13H20O2/c1-3-4-6-9-12(14)13(15-2)10-7-5-8-11-13/h5-11H2,1-2H3. The summed E-state index contributed by atoms with van der Waals surface area (Å²) < 4.78 is 5.47. The Balaban J connectivity index is 2.54. The van der Waals surface area contributed by atoms with Crippen molar-refractivity contribution >= 4 is 5.78 Å². The molecule has 1 fully saturated rings. The van der Waals surface area contributed by atoms with Gasteiger partial charge in [-0.1, -0.05) is 19.3 Å². The molecule has 0 atom stereocenters. The van der Waals surface area contributed by atoms with Gasteiger partial charge < -0.3 is 4.74 Å². The Morgan fingerprint density at radius 2 is 2.00 bits per heavy atom. The van der Waals surface area contributed by atoms with Crippen molar-refractivity contribution in [3.05, 3.63) is 0 Å². The molecule has 0 aromatic heterocycles. The molecule has 0 unspecified atom stereocenters. The van der Waals surface area contributed by atoms with Crippen LogP contribution >= 0.6 is 0 Å². The average molecular weight is 208 g/mol. The molecule has 2 nitrogen and oxygen atoms in total. The Morgan fingerprint density at radius 3 is 2.53 bits per heavy atom. The van der Waals surface area contributed by atoms with Crippen molar-refractivity contribution in [2.24, 2.45) is 0 Å². The van der Waals surface area contributed by atoms with Crippen molar-refractivity contribution in [1.82, 2.24) is 0 Å². The van der Waals surface area contributed by atoms with Crippen LogP contribution < -0.4 is 0 Å². The maximum Gasteiger partial charge on any atom is 0.165 e. The van der Waals surface area contributed by atoms with E-state index in [4.69, 9.17) is 4.74 Å². The van der Waals surface area contributed by atoms with E-state index in [1.807, 2.05) is 0 Å². The van der Waals surface area contributed by atoms with Crippen LogP contribution in [0.4, 0.5) is 0 Å². The molecule has 15 heavy (non-hydrogen) atoms. The third-order valence-corrected chi connectivity index (χ3v) is 3.21. The van der Waals surface area contributed by atoms with E-state index in [2.05, 4.69) is 11.8 Å². The average Bonchev–Trinajstić information content (AvgIpc) is 2.30. The number of carbonyl (C=O) groups excluding carboxylic acids is 1. The molecule has 84 valence electrons. The molecule has 1 aliphatic carbocycles. The largest absolute Gasteiger partial charge is 0.370 e. The van der Waals surface area contributed by atoms with Crippen LogP contribution in [0.15, 0.2) is 0 Å². The highest BCUT2D eigenvalue weighted by atomic mass is 16.5. The maximum absolute atomic E-state index is 12.0. The molecule has 0 heterocycles. The summed E-state index contributed by atoms with van der Waals surface area (Å²) in [4.78, 5) is 12.0. The van der Waals surface area contributed by atoms with Gasteiger partial charge in [0.15, 0.2) is 5.78 Å². The first-order chi connectivity index (χ1) is 7.25. The van der Waals surface area contributed by atoms with E-state index in [0.29, 0.717) is 12.8 Å². The fourth-order valence-corrected chi connectivity index (χ4v) is 2.25. The van der Waals surface area contributed by atoms with Crippen LogP contribution in [-0.4, -0.2) is 18.5 Å². The van der Waals surface area contributed by atoms with Gasteiger partial charge in [-0.25, -0.2) is 0 Å². The molecule has 0 aromatic carbocycles. The van der Waals surface area contributed by atoms with E-state index in [1.165, 1.54) is 6.42 Å². The zero-order valence-electron chi connectivity index (χ0n) is 9.77. The minimum absolute atomic E-state index is 0.243. The van der Waals surface area contributed by atoms with Gasteiger partial charge in [0.25, 0.3) is 0 Å². The first-order valence-electron chi connectivity index (χ1n) is 5.73. The number of rotatable bonds is 4. The fourth-order valence-electron chi connectivity index (χ4n) is 2.25. The lowest BCUT2D eigenvalue weighted by Gasteiger charge is -2.34. The molecule has 0 N–H and O–H groups in total. The normalized spacial score (nSPS) is 19.1. The molecule has 1 saturated carbocycles. The number of hydrogen-bond acceptors (Lipinski definition) is 2. The van der Waals surface area contributed by atoms with Crippen LogP contribution in [0.2, 0.25) is 0 Å². The smallest absolute Gasteiger partial charge is 0.165 e. The van der Waals surface area contributed by atoms with Crippen molar-refractivity contribution in [2.75, 3.05) is 7.11 Å². The van der Waals surface area contributed by atoms with Gasteiger partial charge in [0.1, 0.15) is 5.60 Å². The maximum atomic E-state index is 12.0. The highest BCUT2D eigenvalue weighted by Gasteiger charge is 2.38. The number of hydrogen-bond donors (Lipinski definition) is 0. The minimum Gasteiger partial charge on any atom is -0.370 e. The monoisotopic (exact) mass is 208 g/mol. The summed E-state index contributed by atoms with van der Waals surface area (Å²) in [7, 11) is 1.66. The zero-order chi connectivity index (χ0) is 11.1. The van der Waals surface area contributed by atoms with Gasteiger partial charge in [0.2, 0.25) is 0 Å². The van der Waals surface area contributed by atoms with Crippen LogP contribution in [-0.2, 0) is 9.53 Å². The molecule has 0 spiro atoms. The quantitative estimate of drug-likeness (QED) is 0.664. The number of Topliss-reactive ketones (excluding diaryl/α,β-unsaturated/α-hetero) is 1. The minimum atomic E-state index is -0.479. The van der Waals surface area contributed by atoms with Gasteiger partial charge in [-0.2, -0.15) is 0 Å². The Labute approximate surface area is 92.4 Å². The van der Waals surface area contributed by atoms with Crippen molar-refractivity contribution in [3.63, 3.8) is 0 Å². The molecule has 0 aliphatic heterocycles. The predicted octanol–water partition coefficient (Wildman–Crippen LogP) is 2.71. The Bertz CT molecular complexity index is 264. The van der Waals surface area contributed by atoms with Crippen LogP contribution in [0, 0.1) is 11.8 Å². The lowest BCUT2D eigenvalue weighted by Crippen LogP contribution is -2.42. The van der Waals surface area contributed by atoms with Crippen LogP contribution in [0.5, 0.6) is 0 Å². The van der Waals surface area contributed by atoms with Gasteiger partial charge >= 0.3 is 0 Å². The van der Waals surface area contributed by atoms with Crippen molar-refractivity contribution in [1.29, 1.82) is 0 Å². The summed E-state index contributed by atoms with van der Waals surface area (Å²) in [5.41, 5.74) is -0.479. The Kier molecular flexibility index (Phi) is 4.84. The second kappa shape index (κ2) is 5.92. The van der Waals surface area contributed by atoms with E-state index in [1.54, 1.807) is 14.0 Å². The van der Waals surface area contributed by atoms with E-state index in [9.17, 15) is 4.79 Å². The van der Waals surface area contributed by atoms with Gasteiger partial charge in [-0.3, -0.25) is 4.79 Å². The van der Waals surface area contributed by atoms with E-state index in [0.717, 1.165) is 25.7 Å². The van der Waals surface area contributed by atoms with Crippen LogP contribution in [0.3, 0.4) is 0 Å². The third-order valence-electron chi connectivity index (χ3n) is 3.21. The molecular weight excluding hydrogens is 188 g/mol. The number of ether oxygens (including phenoxy) is 1. The number of ketones is 1. The molecular formula is C13H20O2. The van der Waals surface area contributed by atoms with E-state index in [-0.39, 0.29) is 5.78 Å². The second-order valence-electron chi connectivity index (χ2n) is 4.11. The van der Waals surface area contributed by atoms with Gasteiger partial charge in [-0.05, 0) is 19.8 Å². The molecule has 1 aliphatic rings. The van der Waals surface area contributed by atoms with Gasteiger partial charge in [0.05, 0.1) is 0 Å². The summed E-state index contributed by atoms with van der Waals surface area (Å²) in [6, 6.07) is 0. The topological polar surface area (TPSA) is 26.3 Å². The lowest BCUT2D eigenvalue weighted by molar-refractivity contribution is -0.144. The van der Waals surface area contributed by atoms with Gasteiger partial charge in [-0.15, -0.1) is 11.8 Å². The predicted molar refractivity (Wildman–Crippen MR) is 60.5 cm³/mol.